The molecule has 1 aromatic carbocycles. The third-order valence-corrected chi connectivity index (χ3v) is 5.80. The van der Waals surface area contributed by atoms with Crippen LogP contribution in [0.4, 0.5) is 5.69 Å². The fraction of sp³-hybridized carbons (Fsp3) is 0.522. The van der Waals surface area contributed by atoms with Crippen LogP contribution in [-0.4, -0.2) is 31.3 Å². The van der Waals surface area contributed by atoms with Crippen LogP contribution in [0, 0.1) is 5.92 Å². The molecule has 1 fully saturated rings. The molecule has 2 N–H and O–H groups in total. The van der Waals surface area contributed by atoms with Gasteiger partial charge in [-0.3, -0.25) is 4.79 Å². The highest BCUT2D eigenvalue weighted by Gasteiger charge is 2.43. The number of ether oxygens (including phenoxy) is 2. The number of fused-ring (bicyclic) bond motifs is 3. The van der Waals surface area contributed by atoms with Crippen molar-refractivity contribution in [2.75, 3.05) is 18.5 Å². The van der Waals surface area contributed by atoms with E-state index in [0.29, 0.717) is 13.2 Å². The summed E-state index contributed by atoms with van der Waals surface area (Å²) < 4.78 is 12.4. The van der Waals surface area contributed by atoms with E-state index in [9.17, 15) is 4.79 Å². The summed E-state index contributed by atoms with van der Waals surface area (Å²) >= 11 is 0. The number of amides is 1. The lowest BCUT2D eigenvalue weighted by Crippen LogP contribution is -2.51. The Kier molecular flexibility index (Phi) is 5.06. The largest absolute Gasteiger partial charge is 0.379 e. The van der Waals surface area contributed by atoms with Crippen LogP contribution in [-0.2, 0) is 19.7 Å². The van der Waals surface area contributed by atoms with Gasteiger partial charge >= 0.3 is 0 Å². The number of hydrogen-bond acceptors (Lipinski definition) is 4. The topological polar surface area (TPSA) is 59.6 Å². The molecular weight excluding hydrogens is 352 g/mol. The summed E-state index contributed by atoms with van der Waals surface area (Å²) in [4.78, 5) is 11.3. The molecule has 0 aromatic heterocycles. The Balaban J connectivity index is 1.61. The van der Waals surface area contributed by atoms with Crippen LogP contribution in [0.15, 0.2) is 42.1 Å². The minimum atomic E-state index is -0.0496. The highest BCUT2D eigenvalue weighted by atomic mass is 16.6. The van der Waals surface area contributed by atoms with Crippen molar-refractivity contribution < 1.29 is 14.3 Å². The van der Waals surface area contributed by atoms with Gasteiger partial charge in [-0.2, -0.15) is 0 Å². The maximum Gasteiger partial charge on any atom is 0.221 e. The first-order valence-corrected chi connectivity index (χ1v) is 10.1. The summed E-state index contributed by atoms with van der Waals surface area (Å²) in [6.07, 6.45) is 7.03. The number of nitrogens with one attached hydrogen (secondary N) is 2. The van der Waals surface area contributed by atoms with E-state index in [0.717, 1.165) is 17.8 Å². The lowest BCUT2D eigenvalue weighted by molar-refractivity contribution is -0.153. The molecule has 0 saturated carbocycles. The van der Waals surface area contributed by atoms with Crippen LogP contribution in [0.3, 0.4) is 0 Å². The molecule has 5 heteroatoms. The summed E-state index contributed by atoms with van der Waals surface area (Å²) in [5, 5.41) is 6.58. The maximum atomic E-state index is 11.3. The van der Waals surface area contributed by atoms with Crippen LogP contribution in [0.1, 0.15) is 51.3 Å². The van der Waals surface area contributed by atoms with Gasteiger partial charge in [-0.25, -0.2) is 0 Å². The van der Waals surface area contributed by atoms with Crippen molar-refractivity contribution in [3.8, 4) is 0 Å². The fourth-order valence-electron chi connectivity index (χ4n) is 4.31. The average Bonchev–Trinajstić information content (AvgIpc) is 2.66. The third-order valence-electron chi connectivity index (χ3n) is 5.80. The Hall–Kier alpha value is -2.11. The van der Waals surface area contributed by atoms with E-state index >= 15 is 0 Å². The molecule has 1 unspecified atom stereocenters. The smallest absolute Gasteiger partial charge is 0.221 e. The minimum absolute atomic E-state index is 0.0261. The Morgan fingerprint density at radius 3 is 2.68 bits per heavy atom. The number of carbonyl (C=O) groups is 1. The summed E-state index contributed by atoms with van der Waals surface area (Å²) in [6.45, 7) is 9.47. The van der Waals surface area contributed by atoms with Crippen molar-refractivity contribution in [1.82, 2.24) is 5.32 Å². The van der Waals surface area contributed by atoms with Crippen molar-refractivity contribution in [1.29, 1.82) is 0 Å². The van der Waals surface area contributed by atoms with Gasteiger partial charge in [-0.05, 0) is 29.5 Å². The molecule has 1 amide bonds. The van der Waals surface area contributed by atoms with Crippen LogP contribution >= 0.6 is 0 Å². The van der Waals surface area contributed by atoms with Crippen molar-refractivity contribution in [2.45, 2.75) is 57.8 Å². The lowest BCUT2D eigenvalue weighted by atomic mass is 9.79. The zero-order chi connectivity index (χ0) is 19.9. The minimum Gasteiger partial charge on any atom is -0.379 e. The first-order chi connectivity index (χ1) is 13.3. The number of allylic oxidation sites excluding steroid dienone is 2. The normalized spacial score (nSPS) is 29.2. The summed E-state index contributed by atoms with van der Waals surface area (Å²) in [7, 11) is 0. The molecule has 4 atom stereocenters. The quantitative estimate of drug-likeness (QED) is 0.816. The van der Waals surface area contributed by atoms with Crippen LogP contribution in [0.25, 0.3) is 0 Å². The molecule has 3 aliphatic rings. The van der Waals surface area contributed by atoms with E-state index in [4.69, 9.17) is 9.47 Å². The fourth-order valence-corrected chi connectivity index (χ4v) is 4.31. The standard InChI is InChI=1S/C23H30N2O3/c1-14(26)24-17-8-5-15(6-9-17)20-22-21(27-11-12-28-22)18-13-16(23(2,3)4)7-10-19(18)25-20/h5,7-10,13,15,20-22,25H,6,11-12H2,1-4H3,(H,24,26)/t15?,20-,21+,22-/m0/s1. The number of benzene rings is 1. The molecule has 0 radical (unpaired) electrons. The predicted molar refractivity (Wildman–Crippen MR) is 110 cm³/mol. The molecule has 4 rings (SSSR count). The van der Waals surface area contributed by atoms with Gasteiger partial charge in [0.1, 0.15) is 12.2 Å². The van der Waals surface area contributed by atoms with Gasteiger partial charge in [-0.15, -0.1) is 0 Å². The second kappa shape index (κ2) is 7.37. The van der Waals surface area contributed by atoms with Gasteiger partial charge in [0.05, 0.1) is 19.3 Å². The first-order valence-electron chi connectivity index (χ1n) is 10.1. The Morgan fingerprint density at radius 2 is 2.00 bits per heavy atom. The van der Waals surface area contributed by atoms with Gasteiger partial charge < -0.3 is 20.1 Å². The number of carbonyl (C=O) groups excluding carboxylic acids is 1. The molecule has 2 aliphatic heterocycles. The van der Waals surface area contributed by atoms with Crippen molar-refractivity contribution in [3.63, 3.8) is 0 Å². The van der Waals surface area contributed by atoms with E-state index in [2.05, 4.69) is 61.8 Å². The van der Waals surface area contributed by atoms with Crippen LogP contribution in [0.5, 0.6) is 0 Å². The SMILES string of the molecule is CC(=O)NC1=CCC([C@@H]2Nc3ccc(C(C)(C)C)cc3[C@H]3OCCO[C@H]32)C=C1. The van der Waals surface area contributed by atoms with Crippen molar-refractivity contribution in [2.24, 2.45) is 5.92 Å². The number of hydrogen-bond donors (Lipinski definition) is 2. The number of anilines is 1. The van der Waals surface area contributed by atoms with E-state index in [1.54, 1.807) is 0 Å². The Bertz CT molecular complexity index is 822. The molecule has 1 aromatic rings. The molecule has 5 nitrogen and oxygen atoms in total. The van der Waals surface area contributed by atoms with E-state index in [1.165, 1.54) is 18.1 Å². The highest BCUT2D eigenvalue weighted by Crippen LogP contribution is 2.43. The van der Waals surface area contributed by atoms with Crippen molar-refractivity contribution >= 4 is 11.6 Å². The van der Waals surface area contributed by atoms with Crippen LogP contribution in [0.2, 0.25) is 0 Å². The van der Waals surface area contributed by atoms with Gasteiger partial charge in [0.25, 0.3) is 0 Å². The molecular formula is C23H30N2O3. The summed E-state index contributed by atoms with van der Waals surface area (Å²) in [5.74, 6) is 0.236. The molecule has 0 bridgehead atoms. The second-order valence-corrected chi connectivity index (χ2v) is 8.95. The zero-order valence-electron chi connectivity index (χ0n) is 17.1. The zero-order valence-corrected chi connectivity index (χ0v) is 17.1. The molecule has 0 spiro atoms. The van der Waals surface area contributed by atoms with E-state index in [-0.39, 0.29) is 35.5 Å². The van der Waals surface area contributed by atoms with Gasteiger partial charge in [0.15, 0.2) is 0 Å². The third kappa shape index (κ3) is 3.74. The maximum absolute atomic E-state index is 11.3. The van der Waals surface area contributed by atoms with Crippen LogP contribution < -0.4 is 10.6 Å². The van der Waals surface area contributed by atoms with Crippen molar-refractivity contribution in [3.05, 3.63) is 53.3 Å². The van der Waals surface area contributed by atoms with E-state index < -0.39 is 0 Å². The summed E-state index contributed by atoms with van der Waals surface area (Å²) in [5.41, 5.74) is 4.60. The monoisotopic (exact) mass is 382 g/mol. The molecule has 1 saturated heterocycles. The molecule has 2 heterocycles. The predicted octanol–water partition coefficient (Wildman–Crippen LogP) is 3.83. The number of rotatable bonds is 2. The Labute approximate surface area is 167 Å². The van der Waals surface area contributed by atoms with Gasteiger partial charge in [0.2, 0.25) is 5.91 Å². The highest BCUT2D eigenvalue weighted by molar-refractivity contribution is 5.75. The summed E-state index contributed by atoms with van der Waals surface area (Å²) in [6, 6.07) is 6.79. The molecule has 150 valence electrons. The second-order valence-electron chi connectivity index (χ2n) is 8.95. The van der Waals surface area contributed by atoms with E-state index in [1.807, 2.05) is 6.08 Å². The Morgan fingerprint density at radius 1 is 1.21 bits per heavy atom. The molecule has 1 aliphatic carbocycles. The van der Waals surface area contributed by atoms with Gasteiger partial charge in [-0.1, -0.05) is 45.1 Å². The lowest BCUT2D eigenvalue weighted by Gasteiger charge is -2.45. The average molecular weight is 383 g/mol. The first kappa shape index (κ1) is 19.2. The molecule has 28 heavy (non-hydrogen) atoms. The van der Waals surface area contributed by atoms with Gasteiger partial charge in [0, 0.05) is 29.8 Å².